The zero-order valence-corrected chi connectivity index (χ0v) is 15.5. The summed E-state index contributed by atoms with van der Waals surface area (Å²) in [7, 11) is 0. The lowest BCUT2D eigenvalue weighted by Gasteiger charge is -2.10. The van der Waals surface area contributed by atoms with Gasteiger partial charge in [-0.25, -0.2) is 4.39 Å². The molecular formula is C19H20ClFN4O2. The number of aromatic nitrogens is 1. The highest BCUT2D eigenvalue weighted by Crippen LogP contribution is 2.34. The highest BCUT2D eigenvalue weighted by Gasteiger charge is 2.26. The van der Waals surface area contributed by atoms with Crippen molar-refractivity contribution in [2.24, 2.45) is 0 Å². The Kier molecular flexibility index (Phi) is 5.34. The third-order valence-electron chi connectivity index (χ3n) is 4.87. The Morgan fingerprint density at radius 2 is 2.19 bits per heavy atom. The van der Waals surface area contributed by atoms with Gasteiger partial charge in [-0.2, -0.15) is 0 Å². The van der Waals surface area contributed by atoms with Gasteiger partial charge in [0.1, 0.15) is 5.82 Å². The van der Waals surface area contributed by atoms with Crippen molar-refractivity contribution in [3.8, 4) is 0 Å². The fourth-order valence-corrected chi connectivity index (χ4v) is 3.37. The van der Waals surface area contributed by atoms with Gasteiger partial charge in [0.05, 0.1) is 17.3 Å². The first kappa shape index (κ1) is 19.1. The number of rotatable bonds is 3. The molecule has 4 N–H and O–H groups in total. The molecule has 6 nitrogen and oxygen atoms in total. The molecule has 2 aliphatic heterocycles. The van der Waals surface area contributed by atoms with Crippen LogP contribution >= 0.6 is 12.4 Å². The van der Waals surface area contributed by atoms with E-state index in [2.05, 4.69) is 20.9 Å². The van der Waals surface area contributed by atoms with Crippen molar-refractivity contribution in [3.05, 3.63) is 47.0 Å². The average Bonchev–Trinajstić information content (AvgIpc) is 3.32. The molecule has 0 spiro atoms. The summed E-state index contributed by atoms with van der Waals surface area (Å²) < 4.78 is 13.5. The molecule has 142 valence electrons. The van der Waals surface area contributed by atoms with E-state index in [0.29, 0.717) is 28.2 Å². The number of benzene rings is 1. The number of carbonyl (C=O) groups excluding carboxylic acids is 2. The fraction of sp³-hybridized carbons (Fsp3) is 0.263. The van der Waals surface area contributed by atoms with Crippen LogP contribution in [0.4, 0.5) is 15.8 Å². The number of carbonyl (C=O) groups is 2. The molecule has 0 bridgehead atoms. The van der Waals surface area contributed by atoms with E-state index in [1.54, 1.807) is 18.3 Å². The molecule has 1 atom stereocenters. The molecule has 2 aliphatic rings. The van der Waals surface area contributed by atoms with Crippen molar-refractivity contribution in [1.82, 2.24) is 10.3 Å². The molecule has 27 heavy (non-hydrogen) atoms. The summed E-state index contributed by atoms with van der Waals surface area (Å²) >= 11 is 0. The molecule has 8 heteroatoms. The van der Waals surface area contributed by atoms with Crippen molar-refractivity contribution in [2.75, 3.05) is 17.2 Å². The predicted molar refractivity (Wildman–Crippen MR) is 105 cm³/mol. The smallest absolute Gasteiger partial charge is 0.256 e. The van der Waals surface area contributed by atoms with Crippen LogP contribution in [-0.4, -0.2) is 29.4 Å². The average molecular weight is 391 g/mol. The quantitative estimate of drug-likeness (QED) is 0.607. The van der Waals surface area contributed by atoms with Crippen LogP contribution in [-0.2, 0) is 9.59 Å². The van der Waals surface area contributed by atoms with Gasteiger partial charge in [-0.3, -0.25) is 9.59 Å². The predicted octanol–water partition coefficient (Wildman–Crippen LogP) is 3.07. The number of H-pyrrole nitrogens is 1. The van der Waals surface area contributed by atoms with Gasteiger partial charge in [0.25, 0.3) is 5.91 Å². The van der Waals surface area contributed by atoms with Gasteiger partial charge in [0, 0.05) is 23.1 Å². The van der Waals surface area contributed by atoms with Crippen LogP contribution in [0.25, 0.3) is 11.6 Å². The van der Waals surface area contributed by atoms with E-state index in [1.165, 1.54) is 12.1 Å². The minimum atomic E-state index is -0.397. The van der Waals surface area contributed by atoms with Crippen LogP contribution in [0.5, 0.6) is 0 Å². The van der Waals surface area contributed by atoms with Gasteiger partial charge in [-0.1, -0.05) is 0 Å². The second kappa shape index (κ2) is 7.54. The van der Waals surface area contributed by atoms with Crippen LogP contribution in [0, 0.1) is 12.7 Å². The Morgan fingerprint density at radius 1 is 1.37 bits per heavy atom. The monoisotopic (exact) mass is 390 g/mol. The molecule has 0 aliphatic carbocycles. The first-order valence-corrected chi connectivity index (χ1v) is 8.58. The second-order valence-electron chi connectivity index (χ2n) is 6.58. The van der Waals surface area contributed by atoms with Crippen molar-refractivity contribution >= 4 is 47.2 Å². The topological polar surface area (TPSA) is 86.0 Å². The van der Waals surface area contributed by atoms with Crippen molar-refractivity contribution in [2.45, 2.75) is 25.8 Å². The third-order valence-corrected chi connectivity index (χ3v) is 4.87. The largest absolute Gasteiger partial charge is 0.360 e. The van der Waals surface area contributed by atoms with E-state index >= 15 is 0 Å². The number of aromatic amines is 1. The Bertz CT molecular complexity index is 932. The zero-order valence-electron chi connectivity index (χ0n) is 14.7. The number of amides is 2. The van der Waals surface area contributed by atoms with Gasteiger partial charge in [0.2, 0.25) is 5.91 Å². The lowest BCUT2D eigenvalue weighted by Crippen LogP contribution is -2.35. The van der Waals surface area contributed by atoms with Crippen molar-refractivity contribution in [1.29, 1.82) is 0 Å². The minimum Gasteiger partial charge on any atom is -0.360 e. The first-order valence-electron chi connectivity index (χ1n) is 8.58. The van der Waals surface area contributed by atoms with Gasteiger partial charge >= 0.3 is 0 Å². The molecule has 1 saturated heterocycles. The summed E-state index contributed by atoms with van der Waals surface area (Å²) in [6, 6.07) is 4.03. The summed E-state index contributed by atoms with van der Waals surface area (Å²) in [5, 5.41) is 8.80. The van der Waals surface area contributed by atoms with Crippen LogP contribution in [0.15, 0.2) is 24.4 Å². The number of halogens is 2. The fourth-order valence-electron chi connectivity index (χ4n) is 3.37. The van der Waals surface area contributed by atoms with E-state index in [4.69, 9.17) is 0 Å². The van der Waals surface area contributed by atoms with Crippen molar-refractivity contribution < 1.29 is 14.0 Å². The summed E-state index contributed by atoms with van der Waals surface area (Å²) in [4.78, 5) is 27.6. The molecule has 0 radical (unpaired) electrons. The third kappa shape index (κ3) is 3.61. The highest BCUT2D eigenvalue weighted by atomic mass is 35.5. The molecule has 4 rings (SSSR count). The molecule has 1 fully saturated rings. The van der Waals surface area contributed by atoms with E-state index in [1.807, 2.05) is 6.92 Å². The van der Waals surface area contributed by atoms with Gasteiger partial charge in [-0.05, 0) is 56.1 Å². The number of fused-ring (bicyclic) bond motifs is 1. The standard InChI is InChI=1S/C19H19FN4O2.ClH/c1-10-16(22-9-17(10)24-19(26)15-3-2-6-21-15)8-13-12-7-11(20)4-5-14(12)23-18(13)25;/h4-5,7-9,15,21-22H,2-3,6H2,1H3,(H,23,25)(H,24,26);1H/b13-8-;/t15-;/m1./s1. The maximum absolute atomic E-state index is 13.5. The zero-order chi connectivity index (χ0) is 18.3. The molecule has 0 unspecified atom stereocenters. The summed E-state index contributed by atoms with van der Waals surface area (Å²) in [5.41, 5.74) is 3.70. The lowest BCUT2D eigenvalue weighted by atomic mass is 10.0. The molecule has 1 aromatic carbocycles. The summed E-state index contributed by atoms with van der Waals surface area (Å²) in [5.74, 6) is -0.735. The van der Waals surface area contributed by atoms with Crippen LogP contribution < -0.4 is 16.0 Å². The Hall–Kier alpha value is -2.64. The van der Waals surface area contributed by atoms with E-state index in [0.717, 1.165) is 24.9 Å². The van der Waals surface area contributed by atoms with Crippen molar-refractivity contribution in [3.63, 3.8) is 0 Å². The molecule has 1 aromatic heterocycles. The molecular weight excluding hydrogens is 371 g/mol. The van der Waals surface area contributed by atoms with Gasteiger partial charge in [0.15, 0.2) is 0 Å². The van der Waals surface area contributed by atoms with Crippen LogP contribution in [0.1, 0.15) is 29.7 Å². The van der Waals surface area contributed by atoms with E-state index in [-0.39, 0.29) is 30.3 Å². The first-order chi connectivity index (χ1) is 12.5. The number of anilines is 2. The number of nitrogens with one attached hydrogen (secondary N) is 4. The molecule has 2 aromatic rings. The van der Waals surface area contributed by atoms with Gasteiger partial charge in [-0.15, -0.1) is 12.4 Å². The van der Waals surface area contributed by atoms with Crippen LogP contribution in [0.3, 0.4) is 0 Å². The summed E-state index contributed by atoms with van der Waals surface area (Å²) in [6.45, 7) is 2.71. The lowest BCUT2D eigenvalue weighted by molar-refractivity contribution is -0.117. The van der Waals surface area contributed by atoms with E-state index < -0.39 is 5.82 Å². The Labute approximate surface area is 162 Å². The SMILES string of the molecule is Cc1c(NC(=O)[C@H]2CCCN2)c[nH]c1/C=C1\C(=O)Nc2ccc(F)cc21.Cl. The van der Waals surface area contributed by atoms with Gasteiger partial charge < -0.3 is 20.9 Å². The number of hydrogen-bond donors (Lipinski definition) is 4. The molecule has 2 amide bonds. The molecule has 0 saturated carbocycles. The molecule has 3 heterocycles. The normalized spacial score (nSPS) is 19.6. The Morgan fingerprint density at radius 3 is 2.93 bits per heavy atom. The highest BCUT2D eigenvalue weighted by molar-refractivity contribution is 6.34. The maximum Gasteiger partial charge on any atom is 0.256 e. The Balaban J connectivity index is 0.00000210. The second-order valence-corrected chi connectivity index (χ2v) is 6.58. The number of hydrogen-bond acceptors (Lipinski definition) is 3. The summed E-state index contributed by atoms with van der Waals surface area (Å²) in [6.07, 6.45) is 5.20. The maximum atomic E-state index is 13.5. The minimum absolute atomic E-state index is 0. The van der Waals surface area contributed by atoms with Crippen LogP contribution in [0.2, 0.25) is 0 Å². The van der Waals surface area contributed by atoms with E-state index in [9.17, 15) is 14.0 Å².